The maximum Gasteiger partial charge on any atom is 0.433 e. The molecular formula is C23H20F3N5O. The third-order valence-corrected chi connectivity index (χ3v) is 5.22. The Hall–Kier alpha value is -3.62. The van der Waals surface area contributed by atoms with Crippen LogP contribution in [0.1, 0.15) is 45.0 Å². The summed E-state index contributed by atoms with van der Waals surface area (Å²) in [5.41, 5.74) is 2.45. The van der Waals surface area contributed by atoms with Gasteiger partial charge in [0.15, 0.2) is 5.78 Å². The normalized spacial score (nSPS) is 11.8. The first-order valence-corrected chi connectivity index (χ1v) is 10.0. The minimum Gasteiger partial charge on any atom is -0.292 e. The Balaban J connectivity index is 1.45. The van der Waals surface area contributed by atoms with Gasteiger partial charge in [-0.25, -0.2) is 4.68 Å². The van der Waals surface area contributed by atoms with Gasteiger partial charge >= 0.3 is 6.18 Å². The van der Waals surface area contributed by atoms with Crippen LogP contribution in [0.5, 0.6) is 0 Å². The van der Waals surface area contributed by atoms with E-state index in [1.54, 1.807) is 6.92 Å². The van der Waals surface area contributed by atoms with Crippen molar-refractivity contribution in [1.82, 2.24) is 25.0 Å². The number of fused-ring (bicyclic) bond motifs is 1. The fourth-order valence-electron chi connectivity index (χ4n) is 3.58. The second kappa shape index (κ2) is 8.49. The van der Waals surface area contributed by atoms with Crippen LogP contribution in [-0.2, 0) is 19.1 Å². The van der Waals surface area contributed by atoms with Crippen molar-refractivity contribution in [2.45, 2.75) is 39.4 Å². The van der Waals surface area contributed by atoms with Crippen molar-refractivity contribution < 1.29 is 18.0 Å². The van der Waals surface area contributed by atoms with E-state index in [0.29, 0.717) is 12.1 Å². The smallest absolute Gasteiger partial charge is 0.292 e. The molecule has 0 saturated heterocycles. The summed E-state index contributed by atoms with van der Waals surface area (Å²) in [6, 6.07) is 11.3. The van der Waals surface area contributed by atoms with Crippen molar-refractivity contribution in [3.05, 3.63) is 82.6 Å². The van der Waals surface area contributed by atoms with Crippen LogP contribution >= 0.6 is 0 Å². The number of hydrogen-bond acceptors (Lipinski definition) is 5. The van der Waals surface area contributed by atoms with E-state index >= 15 is 0 Å². The Kier molecular flexibility index (Phi) is 5.73. The zero-order valence-electron chi connectivity index (χ0n) is 17.5. The lowest BCUT2D eigenvalue weighted by Gasteiger charge is -2.13. The molecule has 32 heavy (non-hydrogen) atoms. The van der Waals surface area contributed by atoms with E-state index in [1.807, 2.05) is 37.3 Å². The van der Waals surface area contributed by atoms with E-state index in [0.717, 1.165) is 28.4 Å². The molecule has 0 fully saturated rings. The number of hydrogen-bond donors (Lipinski definition) is 0. The molecule has 1 aromatic carbocycles. The number of pyridine rings is 2. The van der Waals surface area contributed by atoms with E-state index in [9.17, 15) is 18.0 Å². The molecule has 3 aromatic heterocycles. The standard InChI is InChI=1S/C23H20F3N5O/c1-14-9-10-27-22(23(24,25)26)18(14)6-8-21(32)20-13-31(30-29-20)12-16-4-7-19-17(11-16)5-3-15(2)28-19/h3-5,7,9-11,13H,6,8,12H2,1-2H3. The summed E-state index contributed by atoms with van der Waals surface area (Å²) in [7, 11) is 0. The second-order valence-electron chi connectivity index (χ2n) is 7.66. The van der Waals surface area contributed by atoms with Crippen molar-refractivity contribution in [2.24, 2.45) is 0 Å². The van der Waals surface area contributed by atoms with Gasteiger partial charge in [-0.2, -0.15) is 13.2 Å². The number of nitrogens with zero attached hydrogens (tertiary/aromatic N) is 5. The fraction of sp³-hybridized carbons (Fsp3) is 0.261. The molecule has 0 radical (unpaired) electrons. The largest absolute Gasteiger partial charge is 0.433 e. The van der Waals surface area contributed by atoms with Gasteiger partial charge < -0.3 is 0 Å². The number of carbonyl (C=O) groups is 1. The van der Waals surface area contributed by atoms with Gasteiger partial charge in [0.25, 0.3) is 0 Å². The summed E-state index contributed by atoms with van der Waals surface area (Å²) in [6.07, 6.45) is -2.12. The Morgan fingerprint density at radius 3 is 2.69 bits per heavy atom. The van der Waals surface area contributed by atoms with E-state index < -0.39 is 11.9 Å². The minimum atomic E-state index is -4.57. The highest BCUT2D eigenvalue weighted by atomic mass is 19.4. The van der Waals surface area contributed by atoms with Gasteiger partial charge in [0.1, 0.15) is 11.4 Å². The highest BCUT2D eigenvalue weighted by Gasteiger charge is 2.35. The van der Waals surface area contributed by atoms with Crippen LogP contribution in [0.3, 0.4) is 0 Å². The highest BCUT2D eigenvalue weighted by molar-refractivity contribution is 5.94. The molecule has 4 rings (SSSR count). The molecule has 4 aromatic rings. The Morgan fingerprint density at radius 2 is 1.91 bits per heavy atom. The highest BCUT2D eigenvalue weighted by Crippen LogP contribution is 2.32. The molecule has 0 bridgehead atoms. The van der Waals surface area contributed by atoms with Crippen LogP contribution in [0.4, 0.5) is 13.2 Å². The zero-order chi connectivity index (χ0) is 22.9. The summed E-state index contributed by atoms with van der Waals surface area (Å²) in [5, 5.41) is 8.90. The average molecular weight is 439 g/mol. The number of rotatable bonds is 6. The van der Waals surface area contributed by atoms with Crippen molar-refractivity contribution in [3.8, 4) is 0 Å². The number of Topliss-reactive ketones (excluding diaryl/α,β-unsaturated/α-hetero) is 1. The van der Waals surface area contributed by atoms with Gasteiger partial charge in [0.2, 0.25) is 0 Å². The quantitative estimate of drug-likeness (QED) is 0.407. The van der Waals surface area contributed by atoms with E-state index in [1.165, 1.54) is 16.9 Å². The third kappa shape index (κ3) is 4.66. The van der Waals surface area contributed by atoms with Gasteiger partial charge in [-0.1, -0.05) is 17.3 Å². The van der Waals surface area contributed by atoms with Crippen LogP contribution < -0.4 is 0 Å². The molecule has 164 valence electrons. The van der Waals surface area contributed by atoms with Gasteiger partial charge in [-0.3, -0.25) is 14.8 Å². The molecule has 0 amide bonds. The number of ketones is 1. The molecule has 3 heterocycles. The molecule has 0 aliphatic heterocycles. The number of aryl methyl sites for hydroxylation is 2. The molecule has 0 unspecified atom stereocenters. The molecule has 9 heteroatoms. The van der Waals surface area contributed by atoms with Crippen molar-refractivity contribution in [1.29, 1.82) is 0 Å². The summed E-state index contributed by atoms with van der Waals surface area (Å²) in [5.74, 6) is -0.370. The van der Waals surface area contributed by atoms with E-state index in [2.05, 4.69) is 20.3 Å². The second-order valence-corrected chi connectivity index (χ2v) is 7.66. The van der Waals surface area contributed by atoms with Crippen LogP contribution in [0.2, 0.25) is 0 Å². The Morgan fingerprint density at radius 1 is 1.09 bits per heavy atom. The van der Waals surface area contributed by atoms with Crippen LogP contribution in [0.15, 0.2) is 48.8 Å². The zero-order valence-corrected chi connectivity index (χ0v) is 17.5. The average Bonchev–Trinajstić information content (AvgIpc) is 3.20. The van der Waals surface area contributed by atoms with Crippen LogP contribution in [0, 0.1) is 13.8 Å². The molecule has 0 N–H and O–H groups in total. The summed E-state index contributed by atoms with van der Waals surface area (Å²) in [6.45, 7) is 3.91. The number of carbonyl (C=O) groups excluding carboxylic acids is 1. The van der Waals surface area contributed by atoms with Gasteiger partial charge in [0.05, 0.1) is 18.3 Å². The predicted octanol–water partition coefficient (Wildman–Crippen LogP) is 4.72. The van der Waals surface area contributed by atoms with Crippen LogP contribution in [0.25, 0.3) is 10.9 Å². The summed E-state index contributed by atoms with van der Waals surface area (Å²) < 4.78 is 41.2. The topological polar surface area (TPSA) is 73.6 Å². The number of benzene rings is 1. The lowest BCUT2D eigenvalue weighted by molar-refractivity contribution is -0.141. The monoisotopic (exact) mass is 439 g/mol. The SMILES string of the molecule is Cc1ccc2cc(Cn3cc(C(=O)CCc4c(C)ccnc4C(F)(F)F)nn3)ccc2n1. The first-order chi connectivity index (χ1) is 15.2. The molecule has 0 spiro atoms. The fourth-order valence-corrected chi connectivity index (χ4v) is 3.58. The molecule has 0 aliphatic rings. The van der Waals surface area contributed by atoms with Gasteiger partial charge in [-0.15, -0.1) is 5.10 Å². The lowest BCUT2D eigenvalue weighted by atomic mass is 10.00. The molecule has 0 aliphatic carbocycles. The molecule has 6 nitrogen and oxygen atoms in total. The van der Waals surface area contributed by atoms with Crippen molar-refractivity contribution >= 4 is 16.7 Å². The van der Waals surface area contributed by atoms with Crippen LogP contribution in [-0.4, -0.2) is 30.7 Å². The first kappa shape index (κ1) is 21.6. The maximum atomic E-state index is 13.2. The molecule has 0 saturated carbocycles. The number of halogens is 3. The number of alkyl halides is 3. The Bertz CT molecular complexity index is 1300. The first-order valence-electron chi connectivity index (χ1n) is 10.0. The summed E-state index contributed by atoms with van der Waals surface area (Å²) >= 11 is 0. The third-order valence-electron chi connectivity index (χ3n) is 5.22. The number of aromatic nitrogens is 5. The van der Waals surface area contributed by atoms with Gasteiger partial charge in [-0.05, 0) is 61.2 Å². The predicted molar refractivity (Wildman–Crippen MR) is 112 cm³/mol. The van der Waals surface area contributed by atoms with Crippen molar-refractivity contribution in [2.75, 3.05) is 0 Å². The minimum absolute atomic E-state index is 0.0285. The van der Waals surface area contributed by atoms with E-state index in [4.69, 9.17) is 0 Å². The molecular weight excluding hydrogens is 419 g/mol. The van der Waals surface area contributed by atoms with Crippen molar-refractivity contribution in [3.63, 3.8) is 0 Å². The van der Waals surface area contributed by atoms with E-state index in [-0.39, 0.29) is 29.9 Å². The molecule has 0 atom stereocenters. The van der Waals surface area contributed by atoms with Gasteiger partial charge in [0, 0.05) is 23.7 Å². The lowest BCUT2D eigenvalue weighted by Crippen LogP contribution is -2.14. The maximum absolute atomic E-state index is 13.2. The Labute approximate surface area is 182 Å². The summed E-state index contributed by atoms with van der Waals surface area (Å²) in [4.78, 5) is 20.5.